The van der Waals surface area contributed by atoms with Gasteiger partial charge >= 0.3 is 0 Å². The Labute approximate surface area is 77.2 Å². The number of benzene rings is 1. The first-order valence-corrected chi connectivity index (χ1v) is 4.00. The van der Waals surface area contributed by atoms with Gasteiger partial charge < -0.3 is 4.74 Å². The summed E-state index contributed by atoms with van der Waals surface area (Å²) in [6.45, 7) is 0. The first-order valence-electron chi connectivity index (χ1n) is 2.83. The predicted molar refractivity (Wildman–Crippen MR) is 45.7 cm³/mol. The van der Waals surface area contributed by atoms with Gasteiger partial charge in [-0.25, -0.2) is 4.39 Å². The van der Waals surface area contributed by atoms with E-state index in [0.717, 1.165) is 0 Å². The number of hydrogen-bond acceptors (Lipinski definition) is 1. The van der Waals surface area contributed by atoms with E-state index in [1.807, 2.05) is 0 Å². The Morgan fingerprint density at radius 2 is 2.18 bits per heavy atom. The molecule has 0 saturated heterocycles. The summed E-state index contributed by atoms with van der Waals surface area (Å²) in [4.78, 5) is 0. The highest BCUT2D eigenvalue weighted by atomic mass is 79.9. The molecule has 0 N–H and O–H groups in total. The van der Waals surface area contributed by atoms with Crippen LogP contribution in [-0.4, -0.2) is 7.11 Å². The third-order valence-electron chi connectivity index (χ3n) is 1.19. The second kappa shape index (κ2) is 3.41. The molecule has 1 rings (SSSR count). The van der Waals surface area contributed by atoms with Gasteiger partial charge in [0, 0.05) is 6.07 Å². The van der Waals surface area contributed by atoms with Crippen molar-refractivity contribution in [2.75, 3.05) is 7.11 Å². The Hall–Kier alpha value is -0.280. The molecular weight excluding hydrogens is 234 g/mol. The number of ether oxygens (including phenoxy) is 1. The topological polar surface area (TPSA) is 9.23 Å². The Kier molecular flexibility index (Phi) is 2.73. The average Bonchev–Trinajstić information content (AvgIpc) is 1.99. The molecule has 0 aliphatic heterocycles. The number of rotatable bonds is 1. The van der Waals surface area contributed by atoms with Gasteiger partial charge in [0.1, 0.15) is 5.75 Å². The van der Waals surface area contributed by atoms with Crippen molar-refractivity contribution >= 4 is 27.5 Å². The summed E-state index contributed by atoms with van der Waals surface area (Å²) in [7, 11) is 1.50. The van der Waals surface area contributed by atoms with E-state index in [1.165, 1.54) is 19.2 Å². The highest BCUT2D eigenvalue weighted by molar-refractivity contribution is 9.10. The Morgan fingerprint density at radius 3 is 2.64 bits per heavy atom. The summed E-state index contributed by atoms with van der Waals surface area (Å²) >= 11 is 8.51. The standard InChI is InChI=1S/C7H5BrClFO/c1-11-4-2-5(8)7(10)6(9)3-4/h2-3H,1H3. The molecule has 0 spiro atoms. The highest BCUT2D eigenvalue weighted by Crippen LogP contribution is 2.28. The maximum absolute atomic E-state index is 12.8. The van der Waals surface area contributed by atoms with Crippen LogP contribution in [0.4, 0.5) is 4.39 Å². The molecular formula is C7H5BrClFO. The molecule has 0 aliphatic carbocycles. The lowest BCUT2D eigenvalue weighted by Gasteiger charge is -2.02. The van der Waals surface area contributed by atoms with Crippen LogP contribution in [-0.2, 0) is 0 Å². The van der Waals surface area contributed by atoms with Gasteiger partial charge in [-0.1, -0.05) is 11.6 Å². The summed E-state index contributed by atoms with van der Waals surface area (Å²) in [5.41, 5.74) is 0. The first-order chi connectivity index (χ1) is 5.15. The first kappa shape index (κ1) is 8.81. The lowest BCUT2D eigenvalue weighted by molar-refractivity contribution is 0.413. The highest BCUT2D eigenvalue weighted by Gasteiger charge is 2.06. The van der Waals surface area contributed by atoms with E-state index in [-0.39, 0.29) is 5.02 Å². The second-order valence-electron chi connectivity index (χ2n) is 1.91. The molecule has 0 bridgehead atoms. The van der Waals surface area contributed by atoms with Gasteiger partial charge in [0.05, 0.1) is 16.6 Å². The van der Waals surface area contributed by atoms with Crippen LogP contribution in [0.1, 0.15) is 0 Å². The molecule has 0 radical (unpaired) electrons. The quantitative estimate of drug-likeness (QED) is 0.684. The normalized spacial score (nSPS) is 9.82. The van der Waals surface area contributed by atoms with Gasteiger partial charge in [0.2, 0.25) is 0 Å². The van der Waals surface area contributed by atoms with E-state index in [1.54, 1.807) is 0 Å². The molecule has 0 saturated carbocycles. The third-order valence-corrected chi connectivity index (χ3v) is 2.05. The third kappa shape index (κ3) is 1.84. The van der Waals surface area contributed by atoms with Gasteiger partial charge in [0.15, 0.2) is 5.82 Å². The zero-order chi connectivity index (χ0) is 8.43. The van der Waals surface area contributed by atoms with Crippen LogP contribution in [0, 0.1) is 5.82 Å². The zero-order valence-electron chi connectivity index (χ0n) is 5.70. The van der Waals surface area contributed by atoms with Gasteiger partial charge in [-0.15, -0.1) is 0 Å². The van der Waals surface area contributed by atoms with Crippen molar-refractivity contribution in [1.29, 1.82) is 0 Å². The summed E-state index contributed by atoms with van der Waals surface area (Å²) in [5, 5.41) is 0.0521. The van der Waals surface area contributed by atoms with Crippen molar-refractivity contribution in [2.45, 2.75) is 0 Å². The number of methoxy groups -OCH3 is 1. The monoisotopic (exact) mass is 238 g/mol. The summed E-state index contributed by atoms with van der Waals surface area (Å²) in [5.74, 6) is 0.0655. The molecule has 4 heteroatoms. The predicted octanol–water partition coefficient (Wildman–Crippen LogP) is 3.25. The smallest absolute Gasteiger partial charge is 0.156 e. The van der Waals surface area contributed by atoms with Crippen LogP contribution < -0.4 is 4.74 Å². The summed E-state index contributed by atoms with van der Waals surface area (Å²) in [6.07, 6.45) is 0. The van der Waals surface area contributed by atoms with Crippen molar-refractivity contribution in [3.8, 4) is 5.75 Å². The Morgan fingerprint density at radius 1 is 1.55 bits per heavy atom. The molecule has 0 unspecified atom stereocenters. The lowest BCUT2D eigenvalue weighted by Crippen LogP contribution is -1.85. The van der Waals surface area contributed by atoms with Crippen molar-refractivity contribution in [3.63, 3.8) is 0 Å². The maximum Gasteiger partial charge on any atom is 0.156 e. The molecule has 1 aromatic carbocycles. The second-order valence-corrected chi connectivity index (χ2v) is 3.17. The molecule has 0 aromatic heterocycles. The maximum atomic E-state index is 12.8. The summed E-state index contributed by atoms with van der Waals surface area (Å²) < 4.78 is 18.0. The van der Waals surface area contributed by atoms with E-state index < -0.39 is 5.82 Å². The molecule has 0 atom stereocenters. The van der Waals surface area contributed by atoms with E-state index >= 15 is 0 Å². The summed E-state index contributed by atoms with van der Waals surface area (Å²) in [6, 6.07) is 2.93. The minimum atomic E-state index is -0.465. The van der Waals surface area contributed by atoms with Crippen LogP contribution in [0.2, 0.25) is 5.02 Å². The van der Waals surface area contributed by atoms with Crippen molar-refractivity contribution < 1.29 is 9.13 Å². The number of hydrogen-bond donors (Lipinski definition) is 0. The van der Waals surface area contributed by atoms with Crippen LogP contribution in [0.25, 0.3) is 0 Å². The fraction of sp³-hybridized carbons (Fsp3) is 0.143. The van der Waals surface area contributed by atoms with Gasteiger partial charge in [-0.2, -0.15) is 0 Å². The minimum Gasteiger partial charge on any atom is -0.497 e. The van der Waals surface area contributed by atoms with Gasteiger partial charge in [-0.3, -0.25) is 0 Å². The van der Waals surface area contributed by atoms with Gasteiger partial charge in [-0.05, 0) is 22.0 Å². The molecule has 0 amide bonds. The van der Waals surface area contributed by atoms with E-state index in [0.29, 0.717) is 10.2 Å². The van der Waals surface area contributed by atoms with Crippen LogP contribution >= 0.6 is 27.5 Å². The largest absolute Gasteiger partial charge is 0.497 e. The molecule has 0 aliphatic rings. The van der Waals surface area contributed by atoms with Crippen molar-refractivity contribution in [1.82, 2.24) is 0 Å². The van der Waals surface area contributed by atoms with Crippen LogP contribution in [0.3, 0.4) is 0 Å². The molecule has 1 aromatic rings. The van der Waals surface area contributed by atoms with E-state index in [4.69, 9.17) is 16.3 Å². The van der Waals surface area contributed by atoms with Crippen molar-refractivity contribution in [2.24, 2.45) is 0 Å². The molecule has 1 nitrogen and oxygen atoms in total. The fourth-order valence-corrected chi connectivity index (χ4v) is 1.41. The Balaban J connectivity index is 3.21. The fourth-order valence-electron chi connectivity index (χ4n) is 0.650. The average molecular weight is 239 g/mol. The van der Waals surface area contributed by atoms with E-state index in [2.05, 4.69) is 15.9 Å². The molecule has 0 fully saturated rings. The van der Waals surface area contributed by atoms with Gasteiger partial charge in [0.25, 0.3) is 0 Å². The molecule has 11 heavy (non-hydrogen) atoms. The zero-order valence-corrected chi connectivity index (χ0v) is 8.04. The van der Waals surface area contributed by atoms with E-state index in [9.17, 15) is 4.39 Å². The van der Waals surface area contributed by atoms with Crippen LogP contribution in [0.15, 0.2) is 16.6 Å². The molecule has 60 valence electrons. The lowest BCUT2D eigenvalue weighted by atomic mass is 10.3. The van der Waals surface area contributed by atoms with Crippen LogP contribution in [0.5, 0.6) is 5.75 Å². The minimum absolute atomic E-state index is 0.0521. The van der Waals surface area contributed by atoms with Crippen molar-refractivity contribution in [3.05, 3.63) is 27.4 Å². The Bertz CT molecular complexity index is 254. The SMILES string of the molecule is COc1cc(Cl)c(F)c(Br)c1. The number of halogens is 3. The molecule has 0 heterocycles.